The van der Waals surface area contributed by atoms with E-state index in [0.717, 1.165) is 245 Å². The van der Waals surface area contributed by atoms with Crippen LogP contribution in [-0.4, -0.2) is 202 Å². The van der Waals surface area contributed by atoms with Gasteiger partial charge < -0.3 is 63.3 Å². The lowest BCUT2D eigenvalue weighted by atomic mass is 9.82. The van der Waals surface area contributed by atoms with Gasteiger partial charge in [0, 0.05) is 137 Å². The lowest BCUT2D eigenvalue weighted by Gasteiger charge is -2.39. The van der Waals surface area contributed by atoms with Crippen LogP contribution < -0.4 is 24.5 Å². The van der Waals surface area contributed by atoms with Crippen molar-refractivity contribution in [3.05, 3.63) is 175 Å². The average Bonchev–Trinajstić information content (AvgIpc) is 0.785. The molecule has 0 bridgehead atoms. The predicted octanol–water partition coefficient (Wildman–Crippen LogP) is 19.0. The van der Waals surface area contributed by atoms with E-state index in [1.54, 1.807) is 37.9 Å². The molecule has 5 aliphatic heterocycles. The van der Waals surface area contributed by atoms with Crippen LogP contribution >= 0.6 is 0 Å². The molecule has 670 valence electrons. The minimum Gasteiger partial charge on any atom is -0.462 e. The van der Waals surface area contributed by atoms with Crippen molar-refractivity contribution in [2.45, 2.75) is 195 Å². The van der Waals surface area contributed by atoms with Gasteiger partial charge >= 0.3 is 29.8 Å². The molecule has 125 heavy (non-hydrogen) atoms. The van der Waals surface area contributed by atoms with E-state index in [1.165, 1.54) is 23.1 Å². The van der Waals surface area contributed by atoms with Crippen molar-refractivity contribution < 1.29 is 57.9 Å². The largest absolute Gasteiger partial charge is 0.462 e. The molecule has 5 aliphatic rings. The van der Waals surface area contributed by atoms with Crippen LogP contribution in [0.15, 0.2) is 91.6 Å². The van der Waals surface area contributed by atoms with Crippen LogP contribution in [0.1, 0.15) is 227 Å². The lowest BCUT2D eigenvalue weighted by molar-refractivity contribution is 0.0517. The second-order valence-corrected chi connectivity index (χ2v) is 36.0. The van der Waals surface area contributed by atoms with E-state index in [0.29, 0.717) is 90.9 Å². The Morgan fingerprint density at radius 1 is 0.376 bits per heavy atom. The first-order valence-electron chi connectivity index (χ1n) is 45.3. The Balaban J connectivity index is 0.000000152. The number of rotatable bonds is 18. The van der Waals surface area contributed by atoms with Crippen LogP contribution in [0.3, 0.4) is 0 Å². The summed E-state index contributed by atoms with van der Waals surface area (Å²) in [7, 11) is 4.25. The summed E-state index contributed by atoms with van der Waals surface area (Å²) in [6.45, 7) is 48.7. The Morgan fingerprint density at radius 3 is 0.912 bits per heavy atom. The molecule has 0 radical (unpaired) electrons. The fraction of sp³-hybridized carbons (Fsp3) is 0.510. The van der Waals surface area contributed by atoms with Gasteiger partial charge in [0.1, 0.15) is 27.8 Å². The van der Waals surface area contributed by atoms with Crippen LogP contribution in [0, 0.1) is 92.4 Å². The third kappa shape index (κ3) is 23.0. The number of aromatic nitrogens is 5. The van der Waals surface area contributed by atoms with E-state index in [4.69, 9.17) is 23.7 Å². The average molecular weight is 1710 g/mol. The number of aliphatic hydroxyl groups is 2. The van der Waals surface area contributed by atoms with Crippen molar-refractivity contribution >= 4 is 113 Å². The highest BCUT2D eigenvalue weighted by atomic mass is 16.5. The van der Waals surface area contributed by atoms with Gasteiger partial charge in [-0.15, -0.1) is 0 Å². The molecular formula is C102H135N11O12. The van der Waals surface area contributed by atoms with Gasteiger partial charge in [-0.2, -0.15) is 0 Å². The van der Waals surface area contributed by atoms with Gasteiger partial charge in [-0.3, -0.25) is 24.9 Å². The first-order valence-corrected chi connectivity index (χ1v) is 45.3. The summed E-state index contributed by atoms with van der Waals surface area (Å²) in [4.78, 5) is 99.3. The van der Waals surface area contributed by atoms with Crippen molar-refractivity contribution in [3.63, 3.8) is 0 Å². The molecule has 0 aliphatic carbocycles. The zero-order valence-electron chi connectivity index (χ0n) is 78.0. The second-order valence-electron chi connectivity index (χ2n) is 36.0. The molecule has 1 atom stereocenters. The number of anilines is 5. The number of carbonyl (C=O) groups is 5. The van der Waals surface area contributed by atoms with Gasteiger partial charge in [0.05, 0.1) is 95.2 Å². The predicted molar refractivity (Wildman–Crippen MR) is 505 cm³/mol. The van der Waals surface area contributed by atoms with E-state index in [-0.39, 0.29) is 42.6 Å². The maximum absolute atomic E-state index is 12.7. The van der Waals surface area contributed by atoms with Crippen molar-refractivity contribution in [1.82, 2.24) is 29.8 Å². The summed E-state index contributed by atoms with van der Waals surface area (Å²) >= 11 is 0. The van der Waals surface area contributed by atoms with Crippen molar-refractivity contribution in [2.75, 3.05) is 150 Å². The molecule has 5 aromatic heterocycles. The number of aliphatic hydroxyl groups excluding tert-OH is 2. The first-order chi connectivity index (χ1) is 59.8. The summed E-state index contributed by atoms with van der Waals surface area (Å²) in [5.74, 6) is 0.175. The van der Waals surface area contributed by atoms with Crippen LogP contribution in [-0.2, 0) is 23.7 Å². The zero-order chi connectivity index (χ0) is 90.3. The summed E-state index contributed by atoms with van der Waals surface area (Å²) in [5, 5.41) is 24.4. The zero-order valence-corrected chi connectivity index (χ0v) is 78.0. The number of hydrogen-bond acceptors (Lipinski definition) is 23. The molecule has 1 unspecified atom stereocenters. The highest BCUT2D eigenvalue weighted by molar-refractivity contribution is 6.10. The first kappa shape index (κ1) is 95.0. The van der Waals surface area contributed by atoms with Crippen LogP contribution in [0.5, 0.6) is 0 Å². The summed E-state index contributed by atoms with van der Waals surface area (Å²) in [5.41, 5.74) is 24.2. The topological polar surface area (TPSA) is 256 Å². The lowest BCUT2D eigenvalue weighted by Crippen LogP contribution is -2.40. The Bertz CT molecular complexity index is 5370. The number of ether oxygens (including phenoxy) is 5. The summed E-state index contributed by atoms with van der Waals surface area (Å²) in [6.07, 6.45) is 18.2. The summed E-state index contributed by atoms with van der Waals surface area (Å²) < 4.78 is 26.4. The summed E-state index contributed by atoms with van der Waals surface area (Å²) in [6, 6.07) is 21.3. The number of esters is 5. The molecule has 0 spiro atoms. The molecule has 10 aromatic rings. The van der Waals surface area contributed by atoms with Crippen molar-refractivity contribution in [3.8, 4) is 0 Å². The molecule has 15 rings (SSSR count). The van der Waals surface area contributed by atoms with E-state index >= 15 is 0 Å². The maximum atomic E-state index is 12.7. The van der Waals surface area contributed by atoms with Crippen LogP contribution in [0.2, 0.25) is 0 Å². The number of aryl methyl sites for hydroxylation is 10. The smallest absolute Gasteiger partial charge is 0.341 e. The van der Waals surface area contributed by atoms with Gasteiger partial charge in [-0.25, -0.2) is 24.0 Å². The number of piperidine rings is 5. The van der Waals surface area contributed by atoms with Gasteiger partial charge in [-0.05, 0) is 263 Å². The molecule has 5 saturated heterocycles. The van der Waals surface area contributed by atoms with Gasteiger partial charge in [0.15, 0.2) is 0 Å². The Labute approximate surface area is 739 Å². The minimum absolute atomic E-state index is 0.230. The fourth-order valence-corrected chi connectivity index (χ4v) is 18.7. The van der Waals surface area contributed by atoms with Gasteiger partial charge in [0.25, 0.3) is 0 Å². The van der Waals surface area contributed by atoms with Crippen molar-refractivity contribution in [2.24, 2.45) is 23.2 Å². The third-order valence-electron chi connectivity index (χ3n) is 24.8. The third-order valence-corrected chi connectivity index (χ3v) is 24.8. The highest BCUT2D eigenvalue weighted by Crippen LogP contribution is 2.43. The monoisotopic (exact) mass is 1710 g/mol. The highest BCUT2D eigenvalue weighted by Gasteiger charge is 2.34. The molecular weight excluding hydrogens is 1570 g/mol. The number of benzene rings is 5. The fourth-order valence-electron chi connectivity index (χ4n) is 18.7. The van der Waals surface area contributed by atoms with E-state index in [1.807, 2.05) is 48.5 Å². The molecule has 0 amide bonds. The molecule has 23 nitrogen and oxygen atoms in total. The molecule has 23 heteroatoms. The Hall–Kier alpha value is -10.6. The Morgan fingerprint density at radius 2 is 0.640 bits per heavy atom. The van der Waals surface area contributed by atoms with E-state index in [9.17, 15) is 34.2 Å². The molecule has 2 N–H and O–H groups in total. The Kier molecular flexibility index (Phi) is 32.7. The number of fused-ring (bicyclic) bond motifs is 5. The molecule has 0 saturated carbocycles. The van der Waals surface area contributed by atoms with E-state index in [2.05, 4.69) is 198 Å². The van der Waals surface area contributed by atoms with E-state index < -0.39 is 0 Å². The normalized spacial score (nSPS) is 16.3. The number of carbonyl (C=O) groups excluding carboxylic acids is 5. The maximum Gasteiger partial charge on any atom is 0.341 e. The van der Waals surface area contributed by atoms with Gasteiger partial charge in [-0.1, -0.05) is 78.9 Å². The number of nitrogens with zero attached hydrogens (tertiary/aromatic N) is 11. The minimum atomic E-state index is -0.341. The second kappa shape index (κ2) is 43.0. The number of pyridine rings is 5. The van der Waals surface area contributed by atoms with Crippen molar-refractivity contribution in [1.29, 1.82) is 0 Å². The molecule has 5 aromatic carbocycles. The SMILES string of the molecule is CCOC(=O)c1cnc2c(C)cc(C)cc2c1N1CCC(C)(C)CC1.CCOC(=O)c1cnc2c(C)cc(C)cc2c1N1CCC(C)CC1.CCOC(=O)c1cnc2c(C)cc(C)cc2c1N1CCC(CO)CC1.CCOC(=O)c1cnc2c(C)cc(C)cc2c1N1CCC(O)CC1.CCOC(=O)c1cnc2c(C)cc(C)cc2c1N1CCCC(CN(C)C)C1. The van der Waals surface area contributed by atoms with Crippen LogP contribution in [0.4, 0.5) is 28.4 Å². The quantitative estimate of drug-likeness (QED) is 0.0598. The standard InChI is InChI=1S/C22H31N3O2.C21H28N2O2.C20H26N2O3.C20H26N2O2.C19H24N2O3/c1-6-27-22(26)19-12-23-20-16(3)10-15(2)11-18(20)21(19)25-9-7-8-17(14-25)13-24(4)5;1-6-25-20(24)17-13-22-18-15(3)11-14(2)12-16(18)19(17)23-9-7-21(4,5)8-10-23;1-4-25-20(24)17-11-21-18-14(3)9-13(2)10-16(18)19(17)22-7-5-15(12-23)6-8-22;1-5-24-20(23)17-12-21-18-15(4)10-14(3)11-16(18)19(17)22-8-6-13(2)7-9-22;1-4-24-19(23)16-11-20-17-13(3)9-12(2)10-15(17)18(16)21-7-5-14(22)6-8-21/h10-12,17H,6-9,13-14H2,1-5H3;11-13H,6-10H2,1-5H3;9-11,15,23H,4-8,12H2,1-3H3;10-13H,5-9H2,1-4H3;9-11,14,22H,4-8H2,1-3H3. The molecule has 10 heterocycles. The van der Waals surface area contributed by atoms with Gasteiger partial charge in [0.2, 0.25) is 0 Å². The number of hydrogen-bond donors (Lipinski definition) is 2. The molecule has 5 fully saturated rings. The van der Waals surface area contributed by atoms with Crippen LogP contribution in [0.25, 0.3) is 54.5 Å².